The molecule has 0 N–H and O–H groups in total. The summed E-state index contributed by atoms with van der Waals surface area (Å²) in [6.45, 7) is 12.9. The maximum Gasteiger partial charge on any atom is 0.312 e. The molecule has 6 rings (SSSR count). The minimum Gasteiger partial charge on any atom is -0.462 e. The molecule has 0 radical (unpaired) electrons. The largest absolute Gasteiger partial charge is 0.462 e. The fourth-order valence-electron chi connectivity index (χ4n) is 9.14. The van der Waals surface area contributed by atoms with Gasteiger partial charge in [0, 0.05) is 0 Å². The van der Waals surface area contributed by atoms with Crippen LogP contribution in [-0.2, 0) is 19.1 Å². The van der Waals surface area contributed by atoms with E-state index in [1.807, 2.05) is 13.8 Å². The molecule has 0 aliphatic heterocycles. The van der Waals surface area contributed by atoms with Gasteiger partial charge in [0.1, 0.15) is 11.7 Å². The number of hydrogen-bond donors (Lipinski definition) is 0. The molecule has 4 heteroatoms. The SMILES string of the molecule is CCC(C)(CCC(C)C(=O)OC1C2CC(C)C(C2)C1C)C(=O)OC1(C)C2CC3CC(C2)CC1C3. The van der Waals surface area contributed by atoms with E-state index >= 15 is 0 Å². The quantitative estimate of drug-likeness (QED) is 0.365. The molecule has 0 aromatic heterocycles. The maximum absolute atomic E-state index is 13.6. The predicted octanol–water partition coefficient (Wildman–Crippen LogP) is 6.80. The van der Waals surface area contributed by atoms with Gasteiger partial charge >= 0.3 is 11.9 Å². The van der Waals surface area contributed by atoms with Crippen molar-refractivity contribution in [3.05, 3.63) is 0 Å². The molecule has 6 saturated carbocycles. The number of esters is 2. The smallest absolute Gasteiger partial charge is 0.312 e. The Morgan fingerprint density at radius 1 is 1.00 bits per heavy atom. The molecule has 0 aromatic rings. The van der Waals surface area contributed by atoms with Crippen molar-refractivity contribution in [3.63, 3.8) is 0 Å². The lowest BCUT2D eigenvalue weighted by Gasteiger charge is -2.59. The van der Waals surface area contributed by atoms with Gasteiger partial charge in [-0.2, -0.15) is 0 Å². The molecule has 0 amide bonds. The lowest BCUT2D eigenvalue weighted by atomic mass is 9.50. The topological polar surface area (TPSA) is 52.6 Å². The zero-order valence-electron chi connectivity index (χ0n) is 22.5. The highest BCUT2D eigenvalue weighted by Gasteiger charge is 2.58. The van der Waals surface area contributed by atoms with Crippen molar-refractivity contribution in [2.75, 3.05) is 0 Å². The Morgan fingerprint density at radius 2 is 1.62 bits per heavy atom. The van der Waals surface area contributed by atoms with Crippen molar-refractivity contribution in [3.8, 4) is 0 Å². The summed E-state index contributed by atoms with van der Waals surface area (Å²) in [7, 11) is 0. The third-order valence-electron chi connectivity index (χ3n) is 11.8. The second kappa shape index (κ2) is 8.80. The first kappa shape index (κ1) is 24.6. The molecule has 0 heterocycles. The van der Waals surface area contributed by atoms with Gasteiger partial charge in [-0.15, -0.1) is 0 Å². The monoisotopic (exact) mass is 472 g/mol. The van der Waals surface area contributed by atoms with Crippen LogP contribution in [0.25, 0.3) is 0 Å². The highest BCUT2D eigenvalue weighted by atomic mass is 16.6. The van der Waals surface area contributed by atoms with Crippen molar-refractivity contribution < 1.29 is 19.1 Å². The van der Waals surface area contributed by atoms with E-state index in [1.165, 1.54) is 44.9 Å². The van der Waals surface area contributed by atoms with Gasteiger partial charge in [-0.25, -0.2) is 0 Å². The van der Waals surface area contributed by atoms with E-state index in [4.69, 9.17) is 9.47 Å². The van der Waals surface area contributed by atoms with Crippen LogP contribution in [0.1, 0.15) is 106 Å². The number of rotatable bonds is 8. The summed E-state index contributed by atoms with van der Waals surface area (Å²) in [5.41, 5.74) is -0.831. The van der Waals surface area contributed by atoms with E-state index in [9.17, 15) is 9.59 Å². The summed E-state index contributed by atoms with van der Waals surface area (Å²) in [5, 5.41) is 0. The molecule has 0 saturated heterocycles. The van der Waals surface area contributed by atoms with Gasteiger partial charge in [0.15, 0.2) is 0 Å². The summed E-state index contributed by atoms with van der Waals surface area (Å²) < 4.78 is 12.5. The Morgan fingerprint density at radius 3 is 2.15 bits per heavy atom. The zero-order chi connectivity index (χ0) is 24.4. The summed E-state index contributed by atoms with van der Waals surface area (Å²) in [5.74, 6) is 4.99. The molecule has 0 aromatic carbocycles. The molecule has 4 nitrogen and oxygen atoms in total. The number of carbonyl (C=O) groups is 2. The first-order chi connectivity index (χ1) is 16.0. The Balaban J connectivity index is 1.16. The minimum atomic E-state index is -0.540. The van der Waals surface area contributed by atoms with Crippen molar-refractivity contribution in [1.29, 1.82) is 0 Å². The number of ether oxygens (including phenoxy) is 2. The van der Waals surface area contributed by atoms with E-state index in [2.05, 4.69) is 27.7 Å². The zero-order valence-corrected chi connectivity index (χ0v) is 22.5. The van der Waals surface area contributed by atoms with Crippen molar-refractivity contribution in [2.45, 2.75) is 117 Å². The average molecular weight is 473 g/mol. The van der Waals surface area contributed by atoms with Gasteiger partial charge in [0.05, 0.1) is 11.3 Å². The second-order valence-electron chi connectivity index (χ2n) is 13.9. The summed E-state index contributed by atoms with van der Waals surface area (Å²) in [6.07, 6.45) is 11.0. The molecule has 192 valence electrons. The average Bonchev–Trinajstić information content (AvgIpc) is 3.32. The molecule has 7 atom stereocenters. The maximum atomic E-state index is 13.6. The molecular formula is C30H48O4. The van der Waals surface area contributed by atoms with Crippen LogP contribution in [0.15, 0.2) is 0 Å². The van der Waals surface area contributed by atoms with Crippen LogP contribution in [0.4, 0.5) is 0 Å². The van der Waals surface area contributed by atoms with E-state index in [0.717, 1.165) is 24.2 Å². The summed E-state index contributed by atoms with van der Waals surface area (Å²) in [4.78, 5) is 26.6. The first-order valence-corrected chi connectivity index (χ1v) is 14.5. The van der Waals surface area contributed by atoms with Crippen molar-refractivity contribution in [1.82, 2.24) is 0 Å². The number of carbonyl (C=O) groups excluding carboxylic acids is 2. The van der Waals surface area contributed by atoms with Crippen LogP contribution in [0.2, 0.25) is 0 Å². The van der Waals surface area contributed by atoms with Crippen LogP contribution in [0.5, 0.6) is 0 Å². The first-order valence-electron chi connectivity index (χ1n) is 14.5. The number of hydrogen-bond acceptors (Lipinski definition) is 4. The second-order valence-corrected chi connectivity index (χ2v) is 13.9. The van der Waals surface area contributed by atoms with Crippen LogP contribution < -0.4 is 0 Å². The van der Waals surface area contributed by atoms with E-state index in [1.54, 1.807) is 0 Å². The third-order valence-corrected chi connectivity index (χ3v) is 11.8. The third kappa shape index (κ3) is 4.03. The molecule has 6 aliphatic carbocycles. The normalized spacial score (nSPS) is 46.8. The fourth-order valence-corrected chi connectivity index (χ4v) is 9.14. The molecule has 0 spiro atoms. The van der Waals surface area contributed by atoms with Gasteiger partial charge in [-0.05, 0) is 125 Å². The fraction of sp³-hybridized carbons (Fsp3) is 0.933. The van der Waals surface area contributed by atoms with Gasteiger partial charge in [0.25, 0.3) is 0 Å². The van der Waals surface area contributed by atoms with Crippen LogP contribution >= 0.6 is 0 Å². The van der Waals surface area contributed by atoms with E-state index in [0.29, 0.717) is 42.4 Å². The Kier molecular flexibility index (Phi) is 6.37. The molecule has 6 aliphatic rings. The van der Waals surface area contributed by atoms with Crippen molar-refractivity contribution in [2.24, 2.45) is 58.7 Å². The number of fused-ring (bicyclic) bond motifs is 2. The summed E-state index contributed by atoms with van der Waals surface area (Å²) in [6, 6.07) is 0. The lowest BCUT2D eigenvalue weighted by Crippen LogP contribution is -2.58. The van der Waals surface area contributed by atoms with Crippen LogP contribution in [-0.4, -0.2) is 23.6 Å². The molecule has 7 unspecified atom stereocenters. The molecule has 6 fully saturated rings. The van der Waals surface area contributed by atoms with Gasteiger partial charge in [-0.1, -0.05) is 27.7 Å². The Hall–Kier alpha value is -1.06. The van der Waals surface area contributed by atoms with Gasteiger partial charge in [-0.3, -0.25) is 9.59 Å². The van der Waals surface area contributed by atoms with Gasteiger partial charge in [0.2, 0.25) is 0 Å². The van der Waals surface area contributed by atoms with E-state index < -0.39 is 5.41 Å². The predicted molar refractivity (Wildman–Crippen MR) is 133 cm³/mol. The Labute approximate surface area is 207 Å². The van der Waals surface area contributed by atoms with E-state index in [-0.39, 0.29) is 29.6 Å². The minimum absolute atomic E-state index is 0.0405. The standard InChI is InChI=1S/C30H48O4/c1-7-29(5,28(32)34-30(6)23-12-20-11-21(14-23)15-24(30)13-20)9-8-17(2)27(31)33-26-19(4)25-16-22(26)10-18(25)3/h17-26H,7-16H2,1-6H3. The summed E-state index contributed by atoms with van der Waals surface area (Å²) >= 11 is 0. The molecule has 34 heavy (non-hydrogen) atoms. The molecular weight excluding hydrogens is 424 g/mol. The van der Waals surface area contributed by atoms with Crippen LogP contribution in [0, 0.1) is 58.7 Å². The molecule has 6 bridgehead atoms. The van der Waals surface area contributed by atoms with Crippen LogP contribution in [0.3, 0.4) is 0 Å². The lowest BCUT2D eigenvalue weighted by molar-refractivity contribution is -0.212. The highest BCUT2D eigenvalue weighted by molar-refractivity contribution is 5.77. The highest BCUT2D eigenvalue weighted by Crippen LogP contribution is 2.60. The van der Waals surface area contributed by atoms with Gasteiger partial charge < -0.3 is 9.47 Å². The van der Waals surface area contributed by atoms with Crippen molar-refractivity contribution >= 4 is 11.9 Å². The Bertz CT molecular complexity index is 774.